The van der Waals surface area contributed by atoms with Crippen LogP contribution < -0.4 is 5.32 Å². The lowest BCUT2D eigenvalue weighted by Crippen LogP contribution is -2.45. The maximum absolute atomic E-state index is 11.7. The van der Waals surface area contributed by atoms with E-state index in [-0.39, 0.29) is 6.42 Å². The zero-order valence-electron chi connectivity index (χ0n) is 17.2. The molecule has 0 bridgehead atoms. The Morgan fingerprint density at radius 1 is 1.17 bits per heavy atom. The van der Waals surface area contributed by atoms with Gasteiger partial charge in [0.1, 0.15) is 5.82 Å². The molecule has 1 amide bonds. The molecule has 3 aromatic rings. The summed E-state index contributed by atoms with van der Waals surface area (Å²) >= 11 is 0. The van der Waals surface area contributed by atoms with Gasteiger partial charge >= 0.3 is 5.97 Å². The zero-order valence-corrected chi connectivity index (χ0v) is 17.2. The number of anilines is 2. The van der Waals surface area contributed by atoms with Crippen molar-refractivity contribution in [2.45, 2.75) is 38.8 Å². The molecule has 1 heterocycles. The summed E-state index contributed by atoms with van der Waals surface area (Å²) in [5, 5.41) is 15.8. The maximum atomic E-state index is 11.7. The molecule has 30 heavy (non-hydrogen) atoms. The fourth-order valence-corrected chi connectivity index (χ4v) is 3.06. The number of benzene rings is 2. The van der Waals surface area contributed by atoms with Crippen LogP contribution in [0.15, 0.2) is 60.8 Å². The van der Waals surface area contributed by atoms with E-state index in [2.05, 4.69) is 10.3 Å². The van der Waals surface area contributed by atoms with Crippen molar-refractivity contribution in [1.82, 2.24) is 10.0 Å². The molecule has 7 nitrogen and oxygen atoms in total. The van der Waals surface area contributed by atoms with Crippen LogP contribution in [-0.4, -0.2) is 39.2 Å². The largest absolute Gasteiger partial charge is 0.480 e. The first-order valence-corrected chi connectivity index (χ1v) is 9.62. The van der Waals surface area contributed by atoms with Crippen molar-refractivity contribution in [3.8, 4) is 0 Å². The smallest absolute Gasteiger partial charge is 0.329 e. The summed E-state index contributed by atoms with van der Waals surface area (Å²) in [5.41, 5.74) is 0.907. The Labute approximate surface area is 175 Å². The van der Waals surface area contributed by atoms with Crippen LogP contribution in [-0.2, 0) is 20.8 Å². The highest BCUT2D eigenvalue weighted by atomic mass is 16.7. The highest BCUT2D eigenvalue weighted by Gasteiger charge is 2.29. The van der Waals surface area contributed by atoms with E-state index in [1.165, 1.54) is 0 Å². The Kier molecular flexibility index (Phi) is 6.32. The van der Waals surface area contributed by atoms with Gasteiger partial charge in [-0.3, -0.25) is 9.63 Å². The summed E-state index contributed by atoms with van der Waals surface area (Å²) in [7, 11) is 0. The topological polar surface area (TPSA) is 91.8 Å². The maximum Gasteiger partial charge on any atom is 0.329 e. The number of hydroxylamine groups is 2. The fourth-order valence-electron chi connectivity index (χ4n) is 3.06. The lowest BCUT2D eigenvalue weighted by molar-refractivity contribution is -0.234. The number of hydrogen-bond acceptors (Lipinski definition) is 5. The van der Waals surface area contributed by atoms with Gasteiger partial charge in [0, 0.05) is 23.7 Å². The number of pyridine rings is 1. The number of amides is 1. The van der Waals surface area contributed by atoms with Gasteiger partial charge < -0.3 is 10.4 Å². The van der Waals surface area contributed by atoms with Crippen molar-refractivity contribution in [1.29, 1.82) is 0 Å². The standard InChI is InChI=1S/C23H25N3O4/c1-23(2,3)30-26(15-27)20(22(28)29)14-16-8-10-18(11-9-16)25-21-19-7-5-4-6-17(19)12-13-24-21/h4-13,15,20H,14H2,1-3H3,(H,24,25)(H,28,29)/t20-/m0/s1. The van der Waals surface area contributed by atoms with Gasteiger partial charge in [-0.2, -0.15) is 0 Å². The second kappa shape index (κ2) is 8.92. The summed E-state index contributed by atoms with van der Waals surface area (Å²) in [6.45, 7) is 5.26. The number of fused-ring (bicyclic) bond motifs is 1. The monoisotopic (exact) mass is 407 g/mol. The summed E-state index contributed by atoms with van der Waals surface area (Å²) in [6.07, 6.45) is 2.28. The molecule has 1 atom stereocenters. The van der Waals surface area contributed by atoms with Crippen molar-refractivity contribution < 1.29 is 19.5 Å². The van der Waals surface area contributed by atoms with E-state index < -0.39 is 17.6 Å². The second-order valence-electron chi connectivity index (χ2n) is 7.93. The molecular weight excluding hydrogens is 382 g/mol. The van der Waals surface area contributed by atoms with Gasteiger partial charge in [0.25, 0.3) is 0 Å². The number of hydrogen-bond donors (Lipinski definition) is 2. The van der Waals surface area contributed by atoms with E-state index in [0.717, 1.165) is 32.9 Å². The Hall–Kier alpha value is -3.45. The average Bonchev–Trinajstić information content (AvgIpc) is 2.71. The molecule has 0 aliphatic rings. The van der Waals surface area contributed by atoms with E-state index in [0.29, 0.717) is 6.41 Å². The van der Waals surface area contributed by atoms with Crippen molar-refractivity contribution in [2.75, 3.05) is 5.32 Å². The molecule has 3 rings (SSSR count). The molecule has 0 aliphatic carbocycles. The van der Waals surface area contributed by atoms with Crippen LogP contribution in [0.25, 0.3) is 10.8 Å². The predicted molar refractivity (Wildman–Crippen MR) is 115 cm³/mol. The van der Waals surface area contributed by atoms with Crippen molar-refractivity contribution in [2.24, 2.45) is 0 Å². The highest BCUT2D eigenvalue weighted by molar-refractivity contribution is 5.93. The average molecular weight is 407 g/mol. The third kappa shape index (κ3) is 5.33. The molecule has 0 spiro atoms. The number of nitrogens with zero attached hydrogens (tertiary/aromatic N) is 2. The minimum Gasteiger partial charge on any atom is -0.480 e. The van der Waals surface area contributed by atoms with Crippen LogP contribution in [0.3, 0.4) is 0 Å². The normalized spacial score (nSPS) is 12.4. The number of rotatable bonds is 8. The number of carbonyl (C=O) groups excluding carboxylic acids is 1. The van der Waals surface area contributed by atoms with Gasteiger partial charge in [0.2, 0.25) is 6.41 Å². The van der Waals surface area contributed by atoms with Crippen LogP contribution in [0.4, 0.5) is 11.5 Å². The Bertz CT molecular complexity index is 1020. The first kappa shape index (κ1) is 21.3. The van der Waals surface area contributed by atoms with Crippen molar-refractivity contribution >= 4 is 34.7 Å². The molecule has 156 valence electrons. The lowest BCUT2D eigenvalue weighted by atomic mass is 10.1. The molecule has 0 saturated heterocycles. The van der Waals surface area contributed by atoms with Crippen LogP contribution in [0.5, 0.6) is 0 Å². The third-order valence-corrected chi connectivity index (χ3v) is 4.39. The van der Waals surface area contributed by atoms with E-state index in [4.69, 9.17) is 4.84 Å². The minimum absolute atomic E-state index is 0.122. The first-order chi connectivity index (χ1) is 14.3. The van der Waals surface area contributed by atoms with Gasteiger partial charge in [-0.05, 0) is 49.9 Å². The third-order valence-electron chi connectivity index (χ3n) is 4.39. The van der Waals surface area contributed by atoms with Gasteiger partial charge in [-0.1, -0.05) is 36.4 Å². The van der Waals surface area contributed by atoms with Crippen LogP contribution >= 0.6 is 0 Å². The van der Waals surface area contributed by atoms with Gasteiger partial charge in [-0.15, -0.1) is 0 Å². The van der Waals surface area contributed by atoms with E-state index in [9.17, 15) is 14.7 Å². The summed E-state index contributed by atoms with van der Waals surface area (Å²) < 4.78 is 0. The van der Waals surface area contributed by atoms with Crippen molar-refractivity contribution in [3.63, 3.8) is 0 Å². The lowest BCUT2D eigenvalue weighted by Gasteiger charge is -2.30. The quantitative estimate of drug-likeness (QED) is 0.430. The molecule has 0 unspecified atom stereocenters. The number of nitrogens with one attached hydrogen (secondary N) is 1. The molecule has 0 aliphatic heterocycles. The number of carboxylic acids is 1. The number of aliphatic carboxylic acids is 1. The number of aromatic nitrogens is 1. The number of carboxylic acid groups (broad SMARTS) is 1. The van der Waals surface area contributed by atoms with Crippen LogP contribution in [0.2, 0.25) is 0 Å². The Balaban J connectivity index is 1.75. The van der Waals surface area contributed by atoms with Gasteiger partial charge in [-0.25, -0.2) is 14.8 Å². The van der Waals surface area contributed by atoms with Gasteiger partial charge in [0.05, 0.1) is 5.60 Å². The summed E-state index contributed by atoms with van der Waals surface area (Å²) in [5.74, 6) is -0.386. The molecule has 2 N–H and O–H groups in total. The van der Waals surface area contributed by atoms with E-state index in [1.54, 1.807) is 27.0 Å². The van der Waals surface area contributed by atoms with Crippen LogP contribution in [0.1, 0.15) is 26.3 Å². The Morgan fingerprint density at radius 2 is 1.87 bits per heavy atom. The Morgan fingerprint density at radius 3 is 2.50 bits per heavy atom. The van der Waals surface area contributed by atoms with Crippen LogP contribution in [0, 0.1) is 0 Å². The second-order valence-corrected chi connectivity index (χ2v) is 7.93. The summed E-state index contributed by atoms with van der Waals surface area (Å²) in [6, 6.07) is 16.1. The molecule has 1 aromatic heterocycles. The molecular formula is C23H25N3O4. The van der Waals surface area contributed by atoms with E-state index in [1.807, 2.05) is 54.6 Å². The van der Waals surface area contributed by atoms with Gasteiger partial charge in [0.15, 0.2) is 6.04 Å². The molecule has 0 saturated carbocycles. The fraction of sp³-hybridized carbons (Fsp3) is 0.261. The van der Waals surface area contributed by atoms with E-state index >= 15 is 0 Å². The van der Waals surface area contributed by atoms with Crippen molar-refractivity contribution in [3.05, 3.63) is 66.4 Å². The molecule has 7 heteroatoms. The minimum atomic E-state index is -1.13. The molecule has 0 radical (unpaired) electrons. The summed E-state index contributed by atoms with van der Waals surface area (Å²) in [4.78, 5) is 33.0. The highest BCUT2D eigenvalue weighted by Crippen LogP contribution is 2.24. The SMILES string of the molecule is CC(C)(C)ON(C=O)[C@@H](Cc1ccc(Nc2nccc3ccccc23)cc1)C(=O)O. The molecule has 2 aromatic carbocycles. The first-order valence-electron chi connectivity index (χ1n) is 9.62. The molecule has 0 fully saturated rings. The predicted octanol–water partition coefficient (Wildman–Crippen LogP) is 4.16. The number of carbonyl (C=O) groups is 2. The zero-order chi connectivity index (χ0) is 21.7.